The lowest BCUT2D eigenvalue weighted by atomic mass is 10.1. The molecule has 0 saturated carbocycles. The van der Waals surface area contributed by atoms with Gasteiger partial charge in [0, 0.05) is 11.1 Å². The van der Waals surface area contributed by atoms with E-state index in [1.54, 1.807) is 0 Å². The third kappa shape index (κ3) is 2.07. The van der Waals surface area contributed by atoms with Gasteiger partial charge in [-0.2, -0.15) is 0 Å². The van der Waals surface area contributed by atoms with Gasteiger partial charge in [-0.05, 0) is 12.1 Å². The van der Waals surface area contributed by atoms with E-state index in [9.17, 15) is 14.3 Å². The van der Waals surface area contributed by atoms with Crippen LogP contribution in [-0.2, 0) is 0 Å². The summed E-state index contributed by atoms with van der Waals surface area (Å²) in [6, 6.07) is 3.25. The molecule has 7 heteroatoms. The standard InChI is InChI=1S/C10H5ClFNO4/c11-4-1-5(9(14)6(12)2-4)7-3-8(10(15)16)17-13-7/h1-3,14H,(H,15,16). The van der Waals surface area contributed by atoms with Gasteiger partial charge in [0.25, 0.3) is 0 Å². The number of carbonyl (C=O) groups is 1. The first kappa shape index (κ1) is 11.4. The summed E-state index contributed by atoms with van der Waals surface area (Å²) in [5, 5.41) is 21.5. The highest BCUT2D eigenvalue weighted by Gasteiger charge is 2.17. The van der Waals surface area contributed by atoms with Gasteiger partial charge in [-0.1, -0.05) is 16.8 Å². The minimum Gasteiger partial charge on any atom is -0.504 e. The number of rotatable bonds is 2. The van der Waals surface area contributed by atoms with Crippen molar-refractivity contribution in [3.63, 3.8) is 0 Å². The number of phenols is 1. The number of hydrogen-bond acceptors (Lipinski definition) is 4. The highest BCUT2D eigenvalue weighted by atomic mass is 35.5. The SMILES string of the molecule is O=C(O)c1cc(-c2cc(Cl)cc(F)c2O)no1. The normalized spacial score (nSPS) is 10.5. The third-order valence-corrected chi connectivity index (χ3v) is 2.24. The zero-order chi connectivity index (χ0) is 12.6. The predicted molar refractivity (Wildman–Crippen MR) is 55.5 cm³/mol. The van der Waals surface area contributed by atoms with Crippen molar-refractivity contribution in [3.8, 4) is 17.0 Å². The maximum absolute atomic E-state index is 13.2. The monoisotopic (exact) mass is 257 g/mol. The number of aromatic carboxylic acids is 1. The number of hydrogen-bond donors (Lipinski definition) is 2. The van der Waals surface area contributed by atoms with Crippen molar-refractivity contribution in [1.82, 2.24) is 5.16 Å². The van der Waals surface area contributed by atoms with Crippen LogP contribution in [0.5, 0.6) is 5.75 Å². The number of aromatic nitrogens is 1. The molecule has 0 aliphatic heterocycles. The van der Waals surface area contributed by atoms with Gasteiger partial charge in [-0.25, -0.2) is 9.18 Å². The van der Waals surface area contributed by atoms with Crippen LogP contribution in [0.1, 0.15) is 10.6 Å². The smallest absolute Gasteiger partial charge is 0.374 e. The van der Waals surface area contributed by atoms with E-state index in [0.29, 0.717) is 0 Å². The van der Waals surface area contributed by atoms with Crippen LogP contribution in [0, 0.1) is 5.82 Å². The fraction of sp³-hybridized carbons (Fsp3) is 0. The molecule has 0 atom stereocenters. The van der Waals surface area contributed by atoms with Gasteiger partial charge < -0.3 is 14.7 Å². The van der Waals surface area contributed by atoms with Crippen LogP contribution in [0.15, 0.2) is 22.7 Å². The lowest BCUT2D eigenvalue weighted by Gasteiger charge is -2.02. The Hall–Kier alpha value is -2.08. The maximum Gasteiger partial charge on any atom is 0.374 e. The number of carboxylic acids is 1. The number of phenolic OH excluding ortho intramolecular Hbond substituents is 1. The molecule has 0 aliphatic rings. The zero-order valence-corrected chi connectivity index (χ0v) is 8.90. The summed E-state index contributed by atoms with van der Waals surface area (Å²) < 4.78 is 17.7. The second-order valence-corrected chi connectivity index (χ2v) is 3.60. The summed E-state index contributed by atoms with van der Waals surface area (Å²) in [7, 11) is 0. The van der Waals surface area contributed by atoms with E-state index >= 15 is 0 Å². The van der Waals surface area contributed by atoms with Gasteiger partial charge in [0.15, 0.2) is 11.6 Å². The first-order valence-corrected chi connectivity index (χ1v) is 4.75. The average Bonchev–Trinajstić information content (AvgIpc) is 2.72. The molecule has 5 nitrogen and oxygen atoms in total. The molecule has 1 aromatic heterocycles. The Morgan fingerprint density at radius 2 is 2.12 bits per heavy atom. The molecular formula is C10H5ClFNO4. The fourth-order valence-electron chi connectivity index (χ4n) is 1.26. The fourth-order valence-corrected chi connectivity index (χ4v) is 1.47. The number of benzene rings is 1. The average molecular weight is 258 g/mol. The van der Waals surface area contributed by atoms with E-state index in [0.717, 1.165) is 12.1 Å². The van der Waals surface area contributed by atoms with E-state index in [1.807, 2.05) is 0 Å². The third-order valence-electron chi connectivity index (χ3n) is 2.03. The van der Waals surface area contributed by atoms with Crippen LogP contribution >= 0.6 is 11.6 Å². The van der Waals surface area contributed by atoms with Crippen LogP contribution in [-0.4, -0.2) is 21.3 Å². The minimum atomic E-state index is -1.31. The molecule has 17 heavy (non-hydrogen) atoms. The molecule has 88 valence electrons. The summed E-state index contributed by atoms with van der Waals surface area (Å²) >= 11 is 5.62. The van der Waals surface area contributed by atoms with Gasteiger partial charge in [0.1, 0.15) is 5.69 Å². The Morgan fingerprint density at radius 1 is 1.41 bits per heavy atom. The van der Waals surface area contributed by atoms with Crippen molar-refractivity contribution < 1.29 is 23.9 Å². The molecule has 2 rings (SSSR count). The Balaban J connectivity index is 2.56. The first-order chi connectivity index (χ1) is 7.99. The second kappa shape index (κ2) is 4.06. The molecular weight excluding hydrogens is 253 g/mol. The minimum absolute atomic E-state index is 0.0127. The molecule has 0 spiro atoms. The van der Waals surface area contributed by atoms with E-state index in [2.05, 4.69) is 9.68 Å². The lowest BCUT2D eigenvalue weighted by molar-refractivity contribution is 0.0652. The van der Waals surface area contributed by atoms with E-state index in [4.69, 9.17) is 16.7 Å². The van der Waals surface area contributed by atoms with Crippen LogP contribution in [0.4, 0.5) is 4.39 Å². The van der Waals surface area contributed by atoms with Gasteiger partial charge in [-0.15, -0.1) is 0 Å². The van der Waals surface area contributed by atoms with Crippen molar-refractivity contribution in [2.75, 3.05) is 0 Å². The Morgan fingerprint density at radius 3 is 2.71 bits per heavy atom. The van der Waals surface area contributed by atoms with Crippen LogP contribution in [0.2, 0.25) is 5.02 Å². The summed E-state index contributed by atoms with van der Waals surface area (Å²) in [4.78, 5) is 10.6. The molecule has 0 fully saturated rings. The van der Waals surface area contributed by atoms with E-state index in [1.165, 1.54) is 6.07 Å². The Bertz CT molecular complexity index is 596. The number of aromatic hydroxyl groups is 1. The van der Waals surface area contributed by atoms with Crippen molar-refractivity contribution >= 4 is 17.6 Å². The molecule has 0 bridgehead atoms. The molecule has 0 radical (unpaired) electrons. The molecule has 1 heterocycles. The van der Waals surface area contributed by atoms with Gasteiger partial charge >= 0.3 is 5.97 Å². The maximum atomic E-state index is 13.2. The molecule has 1 aromatic carbocycles. The quantitative estimate of drug-likeness (QED) is 0.864. The molecule has 2 N–H and O–H groups in total. The molecule has 0 amide bonds. The van der Waals surface area contributed by atoms with Crippen molar-refractivity contribution in [1.29, 1.82) is 0 Å². The zero-order valence-electron chi connectivity index (χ0n) is 8.15. The number of nitrogens with zero attached hydrogens (tertiary/aromatic N) is 1. The topological polar surface area (TPSA) is 83.6 Å². The molecule has 0 saturated heterocycles. The van der Waals surface area contributed by atoms with Crippen LogP contribution in [0.25, 0.3) is 11.3 Å². The van der Waals surface area contributed by atoms with Gasteiger partial charge in [-0.3, -0.25) is 0 Å². The summed E-state index contributed by atoms with van der Waals surface area (Å²) in [5.41, 5.74) is -0.0486. The van der Waals surface area contributed by atoms with Crippen molar-refractivity contribution in [2.24, 2.45) is 0 Å². The van der Waals surface area contributed by atoms with Gasteiger partial charge in [0.2, 0.25) is 5.76 Å². The van der Waals surface area contributed by atoms with E-state index in [-0.39, 0.29) is 16.3 Å². The lowest BCUT2D eigenvalue weighted by Crippen LogP contribution is -1.91. The largest absolute Gasteiger partial charge is 0.504 e. The van der Waals surface area contributed by atoms with E-state index < -0.39 is 23.3 Å². The number of carboxylic acid groups (broad SMARTS) is 1. The molecule has 0 unspecified atom stereocenters. The second-order valence-electron chi connectivity index (χ2n) is 3.17. The van der Waals surface area contributed by atoms with Crippen LogP contribution < -0.4 is 0 Å². The summed E-state index contributed by atoms with van der Waals surface area (Å²) in [6.07, 6.45) is 0. The highest BCUT2D eigenvalue weighted by molar-refractivity contribution is 6.31. The Labute approximate surface area is 99.0 Å². The predicted octanol–water partition coefficient (Wildman–Crippen LogP) is 2.54. The number of halogens is 2. The molecule has 2 aromatic rings. The highest BCUT2D eigenvalue weighted by Crippen LogP contribution is 2.33. The van der Waals surface area contributed by atoms with Crippen LogP contribution in [0.3, 0.4) is 0 Å². The van der Waals surface area contributed by atoms with Crippen molar-refractivity contribution in [2.45, 2.75) is 0 Å². The van der Waals surface area contributed by atoms with Crippen molar-refractivity contribution in [3.05, 3.63) is 34.8 Å². The summed E-state index contributed by atoms with van der Waals surface area (Å²) in [5.74, 6) is -3.32. The van der Waals surface area contributed by atoms with Gasteiger partial charge in [0.05, 0.1) is 5.56 Å². The summed E-state index contributed by atoms with van der Waals surface area (Å²) in [6.45, 7) is 0. The molecule has 0 aliphatic carbocycles. The Kier molecular flexibility index (Phi) is 2.72. The first-order valence-electron chi connectivity index (χ1n) is 4.37.